The predicted molar refractivity (Wildman–Crippen MR) is 79.5 cm³/mol. The third-order valence-corrected chi connectivity index (χ3v) is 4.50. The number of nitrogen functional groups attached to an aromatic ring is 1. The van der Waals surface area contributed by atoms with Gasteiger partial charge in [-0.2, -0.15) is 4.98 Å². The number of hydrogen-bond acceptors (Lipinski definition) is 4. The number of rotatable bonds is 3. The van der Waals surface area contributed by atoms with Crippen LogP contribution in [0.4, 0.5) is 5.69 Å². The highest BCUT2D eigenvalue weighted by Crippen LogP contribution is 2.39. The van der Waals surface area contributed by atoms with Crippen LogP contribution in [0.3, 0.4) is 0 Å². The Morgan fingerprint density at radius 1 is 1.40 bits per heavy atom. The fourth-order valence-electron chi connectivity index (χ4n) is 2.86. The van der Waals surface area contributed by atoms with Gasteiger partial charge in [-0.25, -0.2) is 0 Å². The number of anilines is 1. The van der Waals surface area contributed by atoms with Gasteiger partial charge in [0.2, 0.25) is 0 Å². The molecular weight excluding hydrogens is 274 g/mol. The SMILES string of the molecule is CCC1CCC(c2noc(-c3ccc(N)c(Cl)c3)n2)C1. The van der Waals surface area contributed by atoms with Gasteiger partial charge in [0.25, 0.3) is 5.89 Å². The largest absolute Gasteiger partial charge is 0.398 e. The van der Waals surface area contributed by atoms with Crippen molar-refractivity contribution < 1.29 is 4.52 Å². The van der Waals surface area contributed by atoms with E-state index in [9.17, 15) is 0 Å². The molecule has 2 atom stereocenters. The summed E-state index contributed by atoms with van der Waals surface area (Å²) in [7, 11) is 0. The Bertz CT molecular complexity index is 611. The van der Waals surface area contributed by atoms with E-state index >= 15 is 0 Å². The molecule has 2 aromatic rings. The number of halogens is 1. The van der Waals surface area contributed by atoms with Crippen molar-refractivity contribution in [3.63, 3.8) is 0 Å². The Morgan fingerprint density at radius 3 is 2.95 bits per heavy atom. The van der Waals surface area contributed by atoms with Crippen molar-refractivity contribution in [2.24, 2.45) is 5.92 Å². The van der Waals surface area contributed by atoms with Gasteiger partial charge in [0.05, 0.1) is 10.7 Å². The molecule has 1 fully saturated rings. The molecule has 106 valence electrons. The van der Waals surface area contributed by atoms with E-state index in [4.69, 9.17) is 21.9 Å². The lowest BCUT2D eigenvalue weighted by atomic mass is 10.0. The van der Waals surface area contributed by atoms with Gasteiger partial charge in [-0.1, -0.05) is 30.1 Å². The molecule has 1 saturated carbocycles. The lowest BCUT2D eigenvalue weighted by Crippen LogP contribution is -1.97. The first-order chi connectivity index (χ1) is 9.67. The van der Waals surface area contributed by atoms with E-state index in [1.807, 2.05) is 6.07 Å². The minimum Gasteiger partial charge on any atom is -0.398 e. The third kappa shape index (κ3) is 2.52. The van der Waals surface area contributed by atoms with E-state index in [0.717, 1.165) is 30.1 Å². The quantitative estimate of drug-likeness (QED) is 0.858. The van der Waals surface area contributed by atoms with Crippen LogP contribution in [-0.4, -0.2) is 10.1 Å². The molecule has 3 rings (SSSR count). The second-order valence-corrected chi connectivity index (χ2v) is 5.89. The van der Waals surface area contributed by atoms with Crippen molar-refractivity contribution in [3.8, 4) is 11.5 Å². The summed E-state index contributed by atoms with van der Waals surface area (Å²) in [6.45, 7) is 2.24. The molecule has 0 amide bonds. The zero-order chi connectivity index (χ0) is 14.1. The van der Waals surface area contributed by atoms with Crippen LogP contribution >= 0.6 is 11.6 Å². The molecule has 4 nitrogen and oxygen atoms in total. The zero-order valence-electron chi connectivity index (χ0n) is 11.5. The van der Waals surface area contributed by atoms with Gasteiger partial charge in [0, 0.05) is 11.5 Å². The van der Waals surface area contributed by atoms with Crippen molar-refractivity contribution in [1.29, 1.82) is 0 Å². The number of hydrogen-bond donors (Lipinski definition) is 1. The van der Waals surface area contributed by atoms with Gasteiger partial charge in [0.15, 0.2) is 5.82 Å². The molecule has 0 bridgehead atoms. The maximum atomic E-state index is 6.02. The van der Waals surface area contributed by atoms with Crippen LogP contribution in [0.25, 0.3) is 11.5 Å². The summed E-state index contributed by atoms with van der Waals surface area (Å²) < 4.78 is 5.37. The standard InChI is InChI=1S/C15H18ClN3O/c1-2-9-3-4-10(7-9)14-18-15(20-19-14)11-5-6-13(17)12(16)8-11/h5-6,8-10H,2-4,7,17H2,1H3. The Labute approximate surface area is 123 Å². The summed E-state index contributed by atoms with van der Waals surface area (Å²) in [5.41, 5.74) is 7.07. The van der Waals surface area contributed by atoms with E-state index in [2.05, 4.69) is 17.1 Å². The highest BCUT2D eigenvalue weighted by Gasteiger charge is 2.28. The number of benzene rings is 1. The molecule has 0 aliphatic heterocycles. The maximum absolute atomic E-state index is 6.02. The van der Waals surface area contributed by atoms with Gasteiger partial charge in [-0.05, 0) is 43.4 Å². The molecular formula is C15H18ClN3O. The van der Waals surface area contributed by atoms with Crippen molar-refractivity contribution in [1.82, 2.24) is 10.1 Å². The molecule has 2 unspecified atom stereocenters. The van der Waals surface area contributed by atoms with Crippen LogP contribution in [0.5, 0.6) is 0 Å². The molecule has 1 aliphatic rings. The summed E-state index contributed by atoms with van der Waals surface area (Å²) in [5, 5.41) is 4.64. The predicted octanol–water partition coefficient (Wildman–Crippen LogP) is 4.27. The number of nitrogens with two attached hydrogens (primary N) is 1. The molecule has 0 saturated heterocycles. The topological polar surface area (TPSA) is 64.9 Å². The van der Waals surface area contributed by atoms with E-state index in [0.29, 0.717) is 22.5 Å². The van der Waals surface area contributed by atoms with Crippen LogP contribution in [0.1, 0.15) is 44.3 Å². The smallest absolute Gasteiger partial charge is 0.257 e. The second-order valence-electron chi connectivity index (χ2n) is 5.48. The normalized spacial score (nSPS) is 22.3. The van der Waals surface area contributed by atoms with Gasteiger partial charge in [-0.3, -0.25) is 0 Å². The molecule has 1 heterocycles. The minimum absolute atomic E-state index is 0.432. The van der Waals surface area contributed by atoms with Gasteiger partial charge in [-0.15, -0.1) is 0 Å². The van der Waals surface area contributed by atoms with E-state index in [-0.39, 0.29) is 0 Å². The lowest BCUT2D eigenvalue weighted by molar-refractivity contribution is 0.413. The van der Waals surface area contributed by atoms with E-state index in [1.165, 1.54) is 12.8 Å². The summed E-state index contributed by atoms with van der Waals surface area (Å²) in [6, 6.07) is 5.36. The van der Waals surface area contributed by atoms with Crippen molar-refractivity contribution in [3.05, 3.63) is 29.0 Å². The van der Waals surface area contributed by atoms with Crippen LogP contribution < -0.4 is 5.73 Å². The van der Waals surface area contributed by atoms with Gasteiger partial charge < -0.3 is 10.3 Å². The number of aromatic nitrogens is 2. The van der Waals surface area contributed by atoms with Crippen LogP contribution in [0.15, 0.2) is 22.7 Å². The molecule has 1 aliphatic carbocycles. The van der Waals surface area contributed by atoms with Crippen molar-refractivity contribution in [2.75, 3.05) is 5.73 Å². The van der Waals surface area contributed by atoms with Gasteiger partial charge >= 0.3 is 0 Å². The van der Waals surface area contributed by atoms with Crippen molar-refractivity contribution in [2.45, 2.75) is 38.5 Å². The fraction of sp³-hybridized carbons (Fsp3) is 0.467. The number of nitrogens with zero attached hydrogens (tertiary/aromatic N) is 2. The van der Waals surface area contributed by atoms with Crippen LogP contribution in [0, 0.1) is 5.92 Å². The van der Waals surface area contributed by atoms with Crippen LogP contribution in [-0.2, 0) is 0 Å². The Kier molecular flexibility index (Phi) is 3.66. The summed E-state index contributed by atoms with van der Waals surface area (Å²) in [5.74, 6) is 2.57. The summed E-state index contributed by atoms with van der Waals surface area (Å²) in [6.07, 6.45) is 4.81. The Morgan fingerprint density at radius 2 is 2.25 bits per heavy atom. The third-order valence-electron chi connectivity index (χ3n) is 4.17. The van der Waals surface area contributed by atoms with Crippen LogP contribution in [0.2, 0.25) is 5.02 Å². The summed E-state index contributed by atoms with van der Waals surface area (Å²) >= 11 is 6.02. The average molecular weight is 292 g/mol. The van der Waals surface area contributed by atoms with E-state index in [1.54, 1.807) is 12.1 Å². The minimum atomic E-state index is 0.432. The molecule has 0 radical (unpaired) electrons. The second kappa shape index (κ2) is 5.44. The lowest BCUT2D eigenvalue weighted by Gasteiger charge is -2.04. The highest BCUT2D eigenvalue weighted by atomic mass is 35.5. The Hall–Kier alpha value is -1.55. The van der Waals surface area contributed by atoms with Gasteiger partial charge in [0.1, 0.15) is 0 Å². The first-order valence-corrected chi connectivity index (χ1v) is 7.44. The summed E-state index contributed by atoms with van der Waals surface area (Å²) in [4.78, 5) is 4.52. The van der Waals surface area contributed by atoms with E-state index < -0.39 is 0 Å². The molecule has 20 heavy (non-hydrogen) atoms. The monoisotopic (exact) mass is 291 g/mol. The molecule has 5 heteroatoms. The Balaban J connectivity index is 1.81. The first-order valence-electron chi connectivity index (χ1n) is 7.06. The first kappa shape index (κ1) is 13.4. The molecule has 2 N–H and O–H groups in total. The zero-order valence-corrected chi connectivity index (χ0v) is 12.2. The fourth-order valence-corrected chi connectivity index (χ4v) is 3.04. The highest BCUT2D eigenvalue weighted by molar-refractivity contribution is 6.33. The molecule has 1 aromatic heterocycles. The molecule has 1 aromatic carbocycles. The molecule has 0 spiro atoms. The maximum Gasteiger partial charge on any atom is 0.257 e. The van der Waals surface area contributed by atoms with Crippen molar-refractivity contribution >= 4 is 17.3 Å². The average Bonchev–Trinajstić information content (AvgIpc) is 3.09.